The third-order valence-corrected chi connectivity index (χ3v) is 8.65. The van der Waals surface area contributed by atoms with Crippen molar-refractivity contribution in [3.8, 4) is 5.75 Å². The highest BCUT2D eigenvalue weighted by Crippen LogP contribution is 2.31. The second kappa shape index (κ2) is 10.1. The lowest BCUT2D eigenvalue weighted by atomic mass is 10.0. The first-order valence-electron chi connectivity index (χ1n) is 12.0. The van der Waals surface area contributed by atoms with E-state index < -0.39 is 10.0 Å². The molecule has 4 rings (SSSR count). The summed E-state index contributed by atoms with van der Waals surface area (Å²) < 4.78 is 33.0. The smallest absolute Gasteiger partial charge is 0.243 e. The molecule has 0 saturated carbocycles. The minimum absolute atomic E-state index is 0.0283. The van der Waals surface area contributed by atoms with Gasteiger partial charge in [0.1, 0.15) is 5.75 Å². The van der Waals surface area contributed by atoms with E-state index in [0.717, 1.165) is 59.4 Å². The summed E-state index contributed by atoms with van der Waals surface area (Å²) in [4.78, 5) is 17.4. The minimum Gasteiger partial charge on any atom is -0.496 e. The number of sulfonamides is 1. The van der Waals surface area contributed by atoms with Gasteiger partial charge in [-0.1, -0.05) is 12.1 Å². The molecule has 2 aliphatic rings. The molecular formula is C26H35N3O4S. The topological polar surface area (TPSA) is 70.2 Å². The van der Waals surface area contributed by atoms with Crippen LogP contribution in [0.3, 0.4) is 0 Å². The Hall–Kier alpha value is -2.42. The van der Waals surface area contributed by atoms with Crippen LogP contribution < -0.4 is 9.64 Å². The Morgan fingerprint density at radius 1 is 1.03 bits per heavy atom. The average molecular weight is 486 g/mol. The Balaban J connectivity index is 1.47. The number of fused-ring (bicyclic) bond motifs is 1. The predicted molar refractivity (Wildman–Crippen MR) is 134 cm³/mol. The summed E-state index contributed by atoms with van der Waals surface area (Å²) in [7, 11) is 0.166. The minimum atomic E-state index is -3.46. The van der Waals surface area contributed by atoms with E-state index in [4.69, 9.17) is 4.74 Å². The predicted octanol–water partition coefficient (Wildman–Crippen LogP) is 3.51. The molecule has 0 spiro atoms. The molecular weight excluding hydrogens is 450 g/mol. The molecule has 0 atom stereocenters. The Morgan fingerprint density at radius 2 is 1.71 bits per heavy atom. The summed E-state index contributed by atoms with van der Waals surface area (Å²) in [6.07, 6.45) is 3.43. The van der Waals surface area contributed by atoms with Gasteiger partial charge in [0.15, 0.2) is 0 Å². The van der Waals surface area contributed by atoms with Gasteiger partial charge in [-0.15, -0.1) is 0 Å². The first-order valence-corrected chi connectivity index (χ1v) is 13.4. The summed E-state index contributed by atoms with van der Waals surface area (Å²) in [6.45, 7) is 6.83. The van der Waals surface area contributed by atoms with Crippen molar-refractivity contribution >= 4 is 21.6 Å². The summed E-state index contributed by atoms with van der Waals surface area (Å²) in [5.41, 5.74) is 5.08. The largest absolute Gasteiger partial charge is 0.496 e. The molecule has 184 valence electrons. The Morgan fingerprint density at radius 3 is 2.35 bits per heavy atom. The zero-order chi connectivity index (χ0) is 24.5. The number of methoxy groups -OCH3 is 1. The maximum absolute atomic E-state index is 13.2. The first kappa shape index (κ1) is 24.7. The quantitative estimate of drug-likeness (QED) is 0.600. The molecule has 0 unspecified atom stereocenters. The van der Waals surface area contributed by atoms with Gasteiger partial charge in [0.25, 0.3) is 0 Å². The van der Waals surface area contributed by atoms with Crippen LogP contribution in [0.25, 0.3) is 0 Å². The molecule has 0 bridgehead atoms. The highest BCUT2D eigenvalue weighted by atomic mass is 32.2. The molecule has 0 N–H and O–H groups in total. The zero-order valence-corrected chi connectivity index (χ0v) is 21.5. The zero-order valence-electron chi connectivity index (χ0n) is 20.6. The molecule has 1 fully saturated rings. The van der Waals surface area contributed by atoms with Gasteiger partial charge >= 0.3 is 0 Å². The fraction of sp³-hybridized carbons (Fsp3) is 0.500. The molecule has 0 radical (unpaired) electrons. The van der Waals surface area contributed by atoms with E-state index in [9.17, 15) is 13.2 Å². The third kappa shape index (κ3) is 4.99. The van der Waals surface area contributed by atoms with Crippen LogP contribution in [0.15, 0.2) is 35.2 Å². The Labute approximate surface area is 203 Å². The van der Waals surface area contributed by atoms with Gasteiger partial charge in [-0.2, -0.15) is 4.31 Å². The monoisotopic (exact) mass is 485 g/mol. The van der Waals surface area contributed by atoms with Gasteiger partial charge in [0.05, 0.1) is 18.6 Å². The lowest BCUT2D eigenvalue weighted by Gasteiger charge is -2.31. The number of anilines is 1. The number of carbonyl (C=O) groups excluding carboxylic acids is 1. The van der Waals surface area contributed by atoms with Crippen molar-refractivity contribution in [1.29, 1.82) is 0 Å². The van der Waals surface area contributed by atoms with Gasteiger partial charge in [-0.05, 0) is 87.0 Å². The van der Waals surface area contributed by atoms with Gasteiger partial charge in [-0.25, -0.2) is 8.42 Å². The van der Waals surface area contributed by atoms with Gasteiger partial charge in [-0.3, -0.25) is 9.69 Å². The molecule has 7 nitrogen and oxygen atoms in total. The van der Waals surface area contributed by atoms with Crippen LogP contribution in [-0.2, 0) is 27.8 Å². The number of benzene rings is 2. The lowest BCUT2D eigenvalue weighted by Crippen LogP contribution is -2.41. The van der Waals surface area contributed by atoms with Crippen molar-refractivity contribution in [2.45, 2.75) is 51.0 Å². The number of rotatable bonds is 7. The molecule has 0 aliphatic carbocycles. The van der Waals surface area contributed by atoms with E-state index in [2.05, 4.69) is 12.1 Å². The van der Waals surface area contributed by atoms with Crippen LogP contribution in [0, 0.1) is 13.8 Å². The number of ether oxygens (including phenoxy) is 1. The van der Waals surface area contributed by atoms with Gasteiger partial charge in [0.2, 0.25) is 15.9 Å². The average Bonchev–Trinajstić information content (AvgIpc) is 3.34. The van der Waals surface area contributed by atoms with Crippen LogP contribution in [0.4, 0.5) is 5.69 Å². The molecule has 8 heteroatoms. The van der Waals surface area contributed by atoms with Crippen molar-refractivity contribution < 1.29 is 17.9 Å². The van der Waals surface area contributed by atoms with E-state index in [1.165, 1.54) is 0 Å². The van der Waals surface area contributed by atoms with Crippen LogP contribution in [0.5, 0.6) is 5.75 Å². The van der Waals surface area contributed by atoms with Crippen molar-refractivity contribution in [3.05, 3.63) is 52.6 Å². The van der Waals surface area contributed by atoms with Gasteiger partial charge < -0.3 is 9.64 Å². The van der Waals surface area contributed by atoms with Gasteiger partial charge in [0, 0.05) is 31.9 Å². The van der Waals surface area contributed by atoms with Crippen molar-refractivity contribution in [3.63, 3.8) is 0 Å². The second-order valence-corrected chi connectivity index (χ2v) is 11.4. The highest BCUT2D eigenvalue weighted by molar-refractivity contribution is 7.89. The number of carbonyl (C=O) groups is 1. The first-order chi connectivity index (χ1) is 16.2. The summed E-state index contributed by atoms with van der Waals surface area (Å²) in [6, 6.07) is 9.45. The molecule has 1 amide bonds. The molecule has 34 heavy (non-hydrogen) atoms. The van der Waals surface area contributed by atoms with Crippen LogP contribution in [0.1, 0.15) is 41.5 Å². The molecule has 2 heterocycles. The van der Waals surface area contributed by atoms with E-state index >= 15 is 0 Å². The summed E-state index contributed by atoms with van der Waals surface area (Å²) in [5, 5.41) is 0. The third-order valence-electron chi connectivity index (χ3n) is 6.76. The summed E-state index contributed by atoms with van der Waals surface area (Å²) >= 11 is 0. The normalized spacial score (nSPS) is 16.7. The van der Waals surface area contributed by atoms with Crippen LogP contribution >= 0.6 is 0 Å². The fourth-order valence-corrected chi connectivity index (χ4v) is 6.78. The molecule has 2 aromatic rings. The molecule has 1 saturated heterocycles. The van der Waals surface area contributed by atoms with E-state index in [0.29, 0.717) is 31.1 Å². The number of hydrogen-bond donors (Lipinski definition) is 0. The van der Waals surface area contributed by atoms with Crippen LogP contribution in [0.2, 0.25) is 0 Å². The maximum atomic E-state index is 13.2. The van der Waals surface area contributed by atoms with Crippen molar-refractivity contribution in [2.75, 3.05) is 45.2 Å². The standard InChI is InChI=1S/C26H35N3O4S/c1-19-14-21(15-20(2)26(19)33-4)17-27(3)18-25(30)29-13-7-8-22-16-23(9-10-24(22)29)34(31,32)28-11-5-6-12-28/h9-10,14-16H,5-8,11-13,17-18H2,1-4H3. The SMILES string of the molecule is COc1c(C)cc(CN(C)CC(=O)N2CCCc3cc(S(=O)(=O)N4CCCC4)ccc32)cc1C. The number of nitrogens with zero attached hydrogens (tertiary/aromatic N) is 3. The van der Waals surface area contributed by atoms with Crippen molar-refractivity contribution in [2.24, 2.45) is 0 Å². The molecule has 0 aromatic heterocycles. The number of amides is 1. The summed E-state index contributed by atoms with van der Waals surface area (Å²) in [5.74, 6) is 0.930. The van der Waals surface area contributed by atoms with Crippen molar-refractivity contribution in [1.82, 2.24) is 9.21 Å². The number of hydrogen-bond acceptors (Lipinski definition) is 5. The number of aryl methyl sites for hydroxylation is 3. The fourth-order valence-electron chi connectivity index (χ4n) is 5.21. The van der Waals surface area contributed by atoms with E-state index in [1.807, 2.05) is 36.8 Å². The lowest BCUT2D eigenvalue weighted by molar-refractivity contribution is -0.119. The Kier molecular flexibility index (Phi) is 7.31. The maximum Gasteiger partial charge on any atom is 0.243 e. The van der Waals surface area contributed by atoms with E-state index in [1.54, 1.807) is 23.5 Å². The second-order valence-electron chi connectivity index (χ2n) is 9.49. The molecule has 2 aliphatic heterocycles. The highest BCUT2D eigenvalue weighted by Gasteiger charge is 2.30. The Bertz CT molecular complexity index is 1150. The molecule has 2 aromatic carbocycles. The van der Waals surface area contributed by atoms with Crippen LogP contribution in [-0.4, -0.2) is 63.9 Å². The number of likely N-dealkylation sites (N-methyl/N-ethyl adjacent to an activating group) is 1. The van der Waals surface area contributed by atoms with E-state index in [-0.39, 0.29) is 12.5 Å².